The quantitative estimate of drug-likeness (QED) is 0.314. The SMILES string of the molecule is OCC1[C@@H](O)[C@H](O)[C@@H](O)CN1CO. The van der Waals surface area contributed by atoms with Crippen molar-refractivity contribution in [3.8, 4) is 0 Å². The first-order chi connectivity index (χ1) is 6.11. The first-order valence-electron chi connectivity index (χ1n) is 4.11. The number of β-amino-alcohol motifs (C(OH)–C–C–N with tert-alkyl or cyclic N) is 1. The molecule has 0 aromatic carbocycles. The summed E-state index contributed by atoms with van der Waals surface area (Å²) in [5.41, 5.74) is 0. The van der Waals surface area contributed by atoms with Gasteiger partial charge in [0.2, 0.25) is 0 Å². The Hall–Kier alpha value is -0.240. The predicted octanol–water partition coefficient (Wildman–Crippen LogP) is -3.30. The molecule has 4 atom stereocenters. The fraction of sp³-hybridized carbons (Fsp3) is 1.00. The Kier molecular flexibility index (Phi) is 3.60. The Bertz CT molecular complexity index is 165. The molecule has 0 aliphatic carbocycles. The van der Waals surface area contributed by atoms with Gasteiger partial charge in [0, 0.05) is 6.54 Å². The second-order valence-electron chi connectivity index (χ2n) is 3.21. The lowest BCUT2D eigenvalue weighted by molar-refractivity contribution is -0.158. The van der Waals surface area contributed by atoms with Crippen LogP contribution in [0.1, 0.15) is 0 Å². The minimum atomic E-state index is -1.26. The highest BCUT2D eigenvalue weighted by Crippen LogP contribution is 2.17. The average molecular weight is 193 g/mol. The molecule has 5 N–H and O–H groups in total. The van der Waals surface area contributed by atoms with E-state index in [4.69, 9.17) is 10.2 Å². The van der Waals surface area contributed by atoms with Crippen LogP contribution in [0.4, 0.5) is 0 Å². The van der Waals surface area contributed by atoms with Crippen molar-refractivity contribution in [2.24, 2.45) is 0 Å². The minimum Gasteiger partial charge on any atom is -0.395 e. The van der Waals surface area contributed by atoms with Gasteiger partial charge in [0.05, 0.1) is 25.5 Å². The van der Waals surface area contributed by atoms with Gasteiger partial charge in [-0.25, -0.2) is 0 Å². The molecule has 1 rings (SSSR count). The van der Waals surface area contributed by atoms with Crippen molar-refractivity contribution >= 4 is 0 Å². The third kappa shape index (κ3) is 1.98. The fourth-order valence-electron chi connectivity index (χ4n) is 1.54. The number of hydrogen-bond donors (Lipinski definition) is 5. The summed E-state index contributed by atoms with van der Waals surface area (Å²) in [6, 6.07) is -0.719. The van der Waals surface area contributed by atoms with Crippen molar-refractivity contribution in [3.05, 3.63) is 0 Å². The lowest BCUT2D eigenvalue weighted by Crippen LogP contribution is -2.62. The molecule has 6 nitrogen and oxygen atoms in total. The molecule has 1 aliphatic rings. The lowest BCUT2D eigenvalue weighted by Gasteiger charge is -2.41. The van der Waals surface area contributed by atoms with E-state index in [9.17, 15) is 15.3 Å². The maximum absolute atomic E-state index is 9.39. The van der Waals surface area contributed by atoms with Crippen LogP contribution in [0.25, 0.3) is 0 Å². The largest absolute Gasteiger partial charge is 0.395 e. The Balaban J connectivity index is 2.69. The van der Waals surface area contributed by atoms with E-state index in [2.05, 4.69) is 0 Å². The molecular weight excluding hydrogens is 178 g/mol. The first-order valence-corrected chi connectivity index (χ1v) is 4.11. The fourth-order valence-corrected chi connectivity index (χ4v) is 1.54. The van der Waals surface area contributed by atoms with Gasteiger partial charge in [-0.2, -0.15) is 0 Å². The molecule has 1 saturated heterocycles. The molecule has 1 fully saturated rings. The van der Waals surface area contributed by atoms with Gasteiger partial charge in [-0.3, -0.25) is 4.90 Å². The van der Waals surface area contributed by atoms with Crippen LogP contribution < -0.4 is 0 Å². The van der Waals surface area contributed by atoms with Gasteiger partial charge in [0.15, 0.2) is 0 Å². The summed E-state index contributed by atoms with van der Waals surface area (Å²) >= 11 is 0. The van der Waals surface area contributed by atoms with Gasteiger partial charge in [-0.05, 0) is 0 Å². The van der Waals surface area contributed by atoms with Gasteiger partial charge in [0.1, 0.15) is 12.2 Å². The third-order valence-electron chi connectivity index (χ3n) is 2.40. The summed E-state index contributed by atoms with van der Waals surface area (Å²) in [5.74, 6) is 0. The van der Waals surface area contributed by atoms with Gasteiger partial charge in [-0.1, -0.05) is 0 Å². The number of nitrogens with zero attached hydrogens (tertiary/aromatic N) is 1. The number of rotatable bonds is 2. The molecule has 1 unspecified atom stereocenters. The van der Waals surface area contributed by atoms with Crippen molar-refractivity contribution in [1.29, 1.82) is 0 Å². The van der Waals surface area contributed by atoms with Crippen LogP contribution in [-0.2, 0) is 0 Å². The van der Waals surface area contributed by atoms with Crippen LogP contribution in [0.5, 0.6) is 0 Å². The van der Waals surface area contributed by atoms with Crippen molar-refractivity contribution in [3.63, 3.8) is 0 Å². The molecule has 1 heterocycles. The summed E-state index contributed by atoms with van der Waals surface area (Å²) in [6.07, 6.45) is -3.59. The van der Waals surface area contributed by atoms with Crippen molar-refractivity contribution < 1.29 is 25.5 Å². The van der Waals surface area contributed by atoms with Crippen LogP contribution in [-0.4, -0.2) is 74.7 Å². The van der Waals surface area contributed by atoms with E-state index in [-0.39, 0.29) is 19.9 Å². The van der Waals surface area contributed by atoms with E-state index in [1.54, 1.807) is 0 Å². The molecule has 0 amide bonds. The van der Waals surface area contributed by atoms with Gasteiger partial charge in [-0.15, -0.1) is 0 Å². The summed E-state index contributed by atoms with van der Waals surface area (Å²) in [4.78, 5) is 1.31. The van der Waals surface area contributed by atoms with Gasteiger partial charge >= 0.3 is 0 Å². The Morgan fingerprint density at radius 3 is 2.15 bits per heavy atom. The van der Waals surface area contributed by atoms with E-state index >= 15 is 0 Å². The summed E-state index contributed by atoms with van der Waals surface area (Å²) in [7, 11) is 0. The molecule has 0 aromatic heterocycles. The number of aliphatic hydroxyl groups excluding tert-OH is 5. The predicted molar refractivity (Wildman–Crippen MR) is 42.7 cm³/mol. The zero-order valence-corrected chi connectivity index (χ0v) is 7.11. The summed E-state index contributed by atoms with van der Waals surface area (Å²) < 4.78 is 0. The van der Waals surface area contributed by atoms with Crippen LogP contribution in [0.3, 0.4) is 0 Å². The monoisotopic (exact) mass is 193 g/mol. The zero-order chi connectivity index (χ0) is 10.0. The van der Waals surface area contributed by atoms with E-state index in [0.29, 0.717) is 0 Å². The molecule has 6 heteroatoms. The van der Waals surface area contributed by atoms with Crippen LogP contribution >= 0.6 is 0 Å². The third-order valence-corrected chi connectivity index (χ3v) is 2.40. The van der Waals surface area contributed by atoms with Crippen molar-refractivity contribution in [1.82, 2.24) is 4.90 Å². The minimum absolute atomic E-state index is 0.0416. The highest BCUT2D eigenvalue weighted by Gasteiger charge is 2.40. The van der Waals surface area contributed by atoms with E-state index in [1.165, 1.54) is 4.90 Å². The molecule has 78 valence electrons. The van der Waals surface area contributed by atoms with Crippen LogP contribution in [0.15, 0.2) is 0 Å². The van der Waals surface area contributed by atoms with Gasteiger partial charge < -0.3 is 25.5 Å². The molecule has 0 bridgehead atoms. The molecule has 0 aromatic rings. The standard InChI is InChI=1S/C7H15NO5/c9-2-4-6(12)7(13)5(11)1-8(4)3-10/h4-7,9-13H,1-3H2/t4?,5-,6+,7+/m0/s1. The molecular formula is C7H15NO5. The molecule has 0 spiro atoms. The number of likely N-dealkylation sites (tertiary alicyclic amines) is 1. The highest BCUT2D eigenvalue weighted by atomic mass is 16.4. The normalized spacial score (nSPS) is 42.2. The van der Waals surface area contributed by atoms with Crippen LogP contribution in [0.2, 0.25) is 0 Å². The van der Waals surface area contributed by atoms with E-state index in [0.717, 1.165) is 0 Å². The maximum atomic E-state index is 9.39. The second kappa shape index (κ2) is 4.32. The van der Waals surface area contributed by atoms with Crippen molar-refractivity contribution in [2.45, 2.75) is 24.4 Å². The Labute approximate surface area is 75.7 Å². The highest BCUT2D eigenvalue weighted by molar-refractivity contribution is 4.93. The zero-order valence-electron chi connectivity index (χ0n) is 7.11. The van der Waals surface area contributed by atoms with E-state index in [1.807, 2.05) is 0 Å². The van der Waals surface area contributed by atoms with Crippen molar-refractivity contribution in [2.75, 3.05) is 19.9 Å². The smallest absolute Gasteiger partial charge is 0.109 e. The summed E-state index contributed by atoms with van der Waals surface area (Å²) in [6.45, 7) is -0.697. The average Bonchev–Trinajstić information content (AvgIpc) is 2.13. The molecule has 13 heavy (non-hydrogen) atoms. The first kappa shape index (κ1) is 10.8. The second-order valence-corrected chi connectivity index (χ2v) is 3.21. The molecule has 0 radical (unpaired) electrons. The number of aliphatic hydroxyl groups is 5. The lowest BCUT2D eigenvalue weighted by atomic mass is 9.95. The topological polar surface area (TPSA) is 104 Å². The van der Waals surface area contributed by atoms with Crippen LogP contribution in [0, 0.1) is 0 Å². The summed E-state index contributed by atoms with van der Waals surface area (Å²) in [5, 5.41) is 45.5. The van der Waals surface area contributed by atoms with Gasteiger partial charge in [0.25, 0.3) is 0 Å². The molecule has 1 aliphatic heterocycles. The Morgan fingerprint density at radius 1 is 1.08 bits per heavy atom. The molecule has 0 saturated carbocycles. The number of piperidine rings is 1. The maximum Gasteiger partial charge on any atom is 0.109 e. The number of hydrogen-bond acceptors (Lipinski definition) is 6. The Morgan fingerprint density at radius 2 is 1.69 bits per heavy atom. The van der Waals surface area contributed by atoms with E-state index < -0.39 is 24.4 Å².